The maximum atomic E-state index is 13.5. The second kappa shape index (κ2) is 13.3. The molecule has 1 N–H and O–H groups in total. The van der Waals surface area contributed by atoms with Gasteiger partial charge < -0.3 is 14.2 Å². The van der Waals surface area contributed by atoms with Crippen molar-refractivity contribution in [2.75, 3.05) is 31.7 Å². The third kappa shape index (κ3) is 7.06. The third-order valence-electron chi connectivity index (χ3n) is 5.03. The molecule has 0 aromatic heterocycles. The van der Waals surface area contributed by atoms with Gasteiger partial charge in [-0.05, 0) is 64.0 Å². The molecular weight excluding hydrogens is 598 g/mol. The quantitative estimate of drug-likeness (QED) is 0.173. The highest BCUT2D eigenvalue weighted by Gasteiger charge is 2.29. The summed E-state index contributed by atoms with van der Waals surface area (Å²) < 4.78 is 44.9. The second-order valence-corrected chi connectivity index (χ2v) is 10.7. The minimum absolute atomic E-state index is 0.00552. The number of nitrogens with zero attached hydrogens (tertiary/aromatic N) is 2. The monoisotopic (exact) mass is 621 g/mol. The number of nitrogens with one attached hydrogen (secondary N) is 1. The van der Waals surface area contributed by atoms with Gasteiger partial charge in [0.2, 0.25) is 0 Å². The minimum Gasteiger partial charge on any atom is -0.495 e. The van der Waals surface area contributed by atoms with E-state index in [0.717, 1.165) is 4.31 Å². The summed E-state index contributed by atoms with van der Waals surface area (Å²) in [7, 11) is -1.27. The van der Waals surface area contributed by atoms with Crippen LogP contribution in [0.3, 0.4) is 0 Å². The molecule has 0 saturated heterocycles. The Hall–Kier alpha value is -3.54. The van der Waals surface area contributed by atoms with Crippen molar-refractivity contribution in [3.63, 3.8) is 0 Å². The first-order chi connectivity index (χ1) is 18.2. The van der Waals surface area contributed by atoms with Gasteiger partial charge in [-0.15, -0.1) is 0 Å². The van der Waals surface area contributed by atoms with E-state index in [1.165, 1.54) is 44.7 Å². The lowest BCUT2D eigenvalue weighted by Gasteiger charge is -2.25. The molecule has 0 radical (unpaired) electrons. The van der Waals surface area contributed by atoms with Gasteiger partial charge in [0.05, 0.1) is 35.5 Å². The number of rotatable bonds is 12. The number of carbonyl (C=O) groups excluding carboxylic acids is 1. The number of benzene rings is 3. The van der Waals surface area contributed by atoms with Crippen molar-refractivity contribution >= 4 is 55.4 Å². The van der Waals surface area contributed by atoms with Gasteiger partial charge in [0.25, 0.3) is 15.9 Å². The lowest BCUT2D eigenvalue weighted by Crippen LogP contribution is -2.39. The molecule has 0 heterocycles. The maximum absolute atomic E-state index is 13.5. The van der Waals surface area contributed by atoms with Crippen LogP contribution in [0.5, 0.6) is 17.2 Å². The van der Waals surface area contributed by atoms with E-state index in [1.54, 1.807) is 42.5 Å². The van der Waals surface area contributed by atoms with Gasteiger partial charge in [-0.1, -0.05) is 42.5 Å². The molecule has 0 fully saturated rings. The van der Waals surface area contributed by atoms with Crippen LogP contribution in [0.4, 0.5) is 5.69 Å². The highest BCUT2D eigenvalue weighted by Crippen LogP contribution is 2.37. The van der Waals surface area contributed by atoms with Crippen LogP contribution in [0.15, 0.2) is 87.8 Å². The average molecular weight is 623 g/mol. The molecule has 0 bridgehead atoms. The number of ether oxygens (including phenoxy) is 3. The van der Waals surface area contributed by atoms with E-state index >= 15 is 0 Å². The highest BCUT2D eigenvalue weighted by atomic mass is 79.9. The molecule has 3 aromatic carbocycles. The number of amides is 1. The molecule has 38 heavy (non-hydrogen) atoms. The van der Waals surface area contributed by atoms with Crippen molar-refractivity contribution in [2.45, 2.75) is 4.90 Å². The molecule has 9 nitrogen and oxygen atoms in total. The summed E-state index contributed by atoms with van der Waals surface area (Å²) in [6.45, 7) is 3.32. The number of hydrogen-bond acceptors (Lipinski definition) is 7. The molecule has 0 aliphatic carbocycles. The minimum atomic E-state index is -4.16. The third-order valence-corrected chi connectivity index (χ3v) is 7.63. The van der Waals surface area contributed by atoms with E-state index in [4.69, 9.17) is 25.8 Å². The van der Waals surface area contributed by atoms with Gasteiger partial charge in [-0.2, -0.15) is 5.10 Å². The zero-order valence-corrected chi connectivity index (χ0v) is 23.7. The van der Waals surface area contributed by atoms with E-state index in [-0.39, 0.29) is 28.0 Å². The van der Waals surface area contributed by atoms with E-state index < -0.39 is 22.5 Å². The lowest BCUT2D eigenvalue weighted by atomic mass is 10.2. The largest absolute Gasteiger partial charge is 0.495 e. The molecule has 3 rings (SSSR count). The smallest absolute Gasteiger partial charge is 0.264 e. The zero-order chi connectivity index (χ0) is 27.7. The van der Waals surface area contributed by atoms with Crippen molar-refractivity contribution in [3.8, 4) is 17.2 Å². The topological polar surface area (TPSA) is 107 Å². The van der Waals surface area contributed by atoms with E-state index in [1.807, 2.05) is 0 Å². The van der Waals surface area contributed by atoms with Crippen LogP contribution in [0.25, 0.3) is 0 Å². The van der Waals surface area contributed by atoms with Gasteiger partial charge in [0.15, 0.2) is 11.5 Å². The number of hydrogen-bond donors (Lipinski definition) is 1. The first kappa shape index (κ1) is 29.0. The second-order valence-electron chi connectivity index (χ2n) is 7.57. The fourth-order valence-corrected chi connectivity index (χ4v) is 5.50. The van der Waals surface area contributed by atoms with Crippen LogP contribution in [0, 0.1) is 0 Å². The van der Waals surface area contributed by atoms with Crippen LogP contribution >= 0.6 is 27.5 Å². The molecular formula is C26H25BrClN3O6S. The average Bonchev–Trinajstić information content (AvgIpc) is 2.91. The summed E-state index contributed by atoms with van der Waals surface area (Å²) in [5, 5.41) is 4.25. The summed E-state index contributed by atoms with van der Waals surface area (Å²) in [6, 6.07) is 15.6. The maximum Gasteiger partial charge on any atom is 0.264 e. The highest BCUT2D eigenvalue weighted by molar-refractivity contribution is 9.10. The normalized spacial score (nSPS) is 11.2. The predicted octanol–water partition coefficient (Wildman–Crippen LogP) is 5.03. The van der Waals surface area contributed by atoms with Crippen molar-refractivity contribution in [1.29, 1.82) is 0 Å². The van der Waals surface area contributed by atoms with Crippen LogP contribution in [-0.2, 0) is 14.8 Å². The number of anilines is 1. The van der Waals surface area contributed by atoms with Gasteiger partial charge in [0.1, 0.15) is 18.9 Å². The summed E-state index contributed by atoms with van der Waals surface area (Å²) in [6.07, 6.45) is 3.00. The Balaban J connectivity index is 1.87. The molecule has 0 atom stereocenters. The summed E-state index contributed by atoms with van der Waals surface area (Å²) in [5.74, 6) is 0.466. The van der Waals surface area contributed by atoms with Gasteiger partial charge in [0, 0.05) is 5.02 Å². The van der Waals surface area contributed by atoms with Gasteiger partial charge in [-0.3, -0.25) is 9.10 Å². The Morgan fingerprint density at radius 2 is 1.82 bits per heavy atom. The SMILES string of the molecule is C=CCOc1c(Br)cc(/C=N\NC(=O)CN(c2cc(Cl)ccc2OC)S(=O)(=O)c2ccccc2)cc1OC. The molecule has 3 aromatic rings. The van der Waals surface area contributed by atoms with Crippen LogP contribution < -0.4 is 23.9 Å². The fourth-order valence-electron chi connectivity index (χ4n) is 3.32. The zero-order valence-electron chi connectivity index (χ0n) is 20.6. The Kier molecular flexibility index (Phi) is 10.2. The standard InChI is InChI=1S/C26H25BrClN3O6S/c1-4-12-37-26-21(27)13-18(14-24(26)36-3)16-29-30-25(32)17-31(22-15-19(28)10-11-23(22)35-2)38(33,34)20-8-6-5-7-9-20/h4-11,13-16H,1,12,17H2,2-3H3,(H,30,32)/b29-16-. The molecule has 1 amide bonds. The number of carbonyl (C=O) groups is 1. The van der Waals surface area contributed by atoms with Crippen molar-refractivity contribution in [2.24, 2.45) is 5.10 Å². The summed E-state index contributed by atoms with van der Waals surface area (Å²) in [5.41, 5.74) is 3.05. The first-order valence-corrected chi connectivity index (χ1v) is 13.7. The Bertz CT molecular complexity index is 1430. The Morgan fingerprint density at radius 1 is 1.11 bits per heavy atom. The van der Waals surface area contributed by atoms with Crippen molar-refractivity contribution in [3.05, 3.63) is 88.4 Å². The van der Waals surface area contributed by atoms with Crippen LogP contribution in [0.2, 0.25) is 5.02 Å². The lowest BCUT2D eigenvalue weighted by molar-refractivity contribution is -0.119. The van der Waals surface area contributed by atoms with E-state index in [2.05, 4.69) is 33.0 Å². The molecule has 0 aliphatic heterocycles. The molecule has 0 aliphatic rings. The number of halogens is 2. The van der Waals surface area contributed by atoms with Crippen molar-refractivity contribution < 1.29 is 27.4 Å². The number of methoxy groups -OCH3 is 2. The Labute approximate surface area is 234 Å². The van der Waals surface area contributed by atoms with E-state index in [0.29, 0.717) is 21.5 Å². The number of hydrazone groups is 1. The van der Waals surface area contributed by atoms with Crippen LogP contribution in [0.1, 0.15) is 5.56 Å². The summed E-state index contributed by atoms with van der Waals surface area (Å²) in [4.78, 5) is 12.9. The molecule has 0 unspecified atom stereocenters. The predicted molar refractivity (Wildman–Crippen MR) is 151 cm³/mol. The van der Waals surface area contributed by atoms with E-state index in [9.17, 15) is 13.2 Å². The molecule has 0 saturated carbocycles. The van der Waals surface area contributed by atoms with Gasteiger partial charge in [-0.25, -0.2) is 13.8 Å². The molecule has 0 spiro atoms. The fraction of sp³-hybridized carbons (Fsp3) is 0.154. The Morgan fingerprint density at radius 3 is 2.47 bits per heavy atom. The van der Waals surface area contributed by atoms with Crippen molar-refractivity contribution in [1.82, 2.24) is 5.43 Å². The van der Waals surface area contributed by atoms with Crippen LogP contribution in [-0.4, -0.2) is 47.9 Å². The number of sulfonamides is 1. The molecule has 200 valence electrons. The first-order valence-electron chi connectivity index (χ1n) is 11.1. The summed E-state index contributed by atoms with van der Waals surface area (Å²) >= 11 is 9.58. The molecule has 12 heteroatoms. The van der Waals surface area contributed by atoms with Gasteiger partial charge >= 0.3 is 0 Å².